The standard InChI is InChI=1S/C21H24N2O4/c22-20-17(15-19(24)27-14-11-23-9-12-26-13-10-23)7-4-8-18(20)21(25)16-5-2-1-3-6-16/h1-8H,9-15,22H2. The molecule has 0 unspecified atom stereocenters. The third kappa shape index (κ3) is 5.15. The highest BCUT2D eigenvalue weighted by Gasteiger charge is 2.17. The molecule has 0 saturated carbocycles. The van der Waals surface area contributed by atoms with Crippen molar-refractivity contribution in [3.05, 3.63) is 65.2 Å². The average Bonchev–Trinajstić information content (AvgIpc) is 2.70. The molecule has 27 heavy (non-hydrogen) atoms. The normalized spacial score (nSPS) is 14.7. The van der Waals surface area contributed by atoms with Gasteiger partial charge in [0.25, 0.3) is 0 Å². The Morgan fingerprint density at radius 2 is 1.78 bits per heavy atom. The summed E-state index contributed by atoms with van der Waals surface area (Å²) >= 11 is 0. The lowest BCUT2D eigenvalue weighted by Crippen LogP contribution is -2.38. The van der Waals surface area contributed by atoms with Gasteiger partial charge < -0.3 is 15.2 Å². The van der Waals surface area contributed by atoms with Gasteiger partial charge in [-0.15, -0.1) is 0 Å². The Kier molecular flexibility index (Phi) is 6.57. The van der Waals surface area contributed by atoms with Gasteiger partial charge in [-0.3, -0.25) is 14.5 Å². The number of ether oxygens (including phenoxy) is 2. The third-order valence-corrected chi connectivity index (χ3v) is 4.59. The second-order valence-corrected chi connectivity index (χ2v) is 6.42. The van der Waals surface area contributed by atoms with Gasteiger partial charge in [-0.25, -0.2) is 0 Å². The van der Waals surface area contributed by atoms with Crippen molar-refractivity contribution in [2.24, 2.45) is 0 Å². The maximum Gasteiger partial charge on any atom is 0.310 e. The van der Waals surface area contributed by atoms with E-state index in [9.17, 15) is 9.59 Å². The molecule has 0 radical (unpaired) electrons. The first kappa shape index (κ1) is 19.1. The van der Waals surface area contributed by atoms with Crippen molar-refractivity contribution in [2.75, 3.05) is 45.2 Å². The van der Waals surface area contributed by atoms with Gasteiger partial charge in [0.1, 0.15) is 6.61 Å². The number of benzene rings is 2. The summed E-state index contributed by atoms with van der Waals surface area (Å²) in [5, 5.41) is 0. The average molecular weight is 368 g/mol. The molecule has 3 rings (SSSR count). The highest BCUT2D eigenvalue weighted by atomic mass is 16.5. The number of ketones is 1. The van der Waals surface area contributed by atoms with Crippen molar-refractivity contribution in [3.8, 4) is 0 Å². The summed E-state index contributed by atoms with van der Waals surface area (Å²) in [7, 11) is 0. The molecular formula is C21H24N2O4. The van der Waals surface area contributed by atoms with Crippen LogP contribution < -0.4 is 5.73 Å². The molecule has 0 aliphatic carbocycles. The lowest BCUT2D eigenvalue weighted by atomic mass is 9.98. The Morgan fingerprint density at radius 1 is 1.04 bits per heavy atom. The van der Waals surface area contributed by atoms with E-state index in [0.29, 0.717) is 48.7 Å². The van der Waals surface area contributed by atoms with E-state index in [2.05, 4.69) is 4.90 Å². The maximum absolute atomic E-state index is 12.6. The number of nitrogen functional groups attached to an aromatic ring is 1. The third-order valence-electron chi connectivity index (χ3n) is 4.59. The van der Waals surface area contributed by atoms with Crippen molar-refractivity contribution < 1.29 is 19.1 Å². The van der Waals surface area contributed by atoms with Gasteiger partial charge in [-0.1, -0.05) is 42.5 Å². The van der Waals surface area contributed by atoms with Gasteiger partial charge in [0.2, 0.25) is 0 Å². The lowest BCUT2D eigenvalue weighted by Gasteiger charge is -2.26. The second kappa shape index (κ2) is 9.30. The minimum Gasteiger partial charge on any atom is -0.464 e. The zero-order valence-corrected chi connectivity index (χ0v) is 15.2. The van der Waals surface area contributed by atoms with E-state index in [-0.39, 0.29) is 18.2 Å². The fraction of sp³-hybridized carbons (Fsp3) is 0.333. The number of rotatable bonds is 7. The van der Waals surface area contributed by atoms with Gasteiger partial charge >= 0.3 is 5.97 Å². The van der Waals surface area contributed by atoms with Crippen molar-refractivity contribution >= 4 is 17.4 Å². The summed E-state index contributed by atoms with van der Waals surface area (Å²) in [6.07, 6.45) is 0.0465. The van der Waals surface area contributed by atoms with Crippen LogP contribution in [0.1, 0.15) is 21.5 Å². The number of carbonyl (C=O) groups is 2. The predicted molar refractivity (Wildman–Crippen MR) is 103 cm³/mol. The molecule has 1 fully saturated rings. The zero-order chi connectivity index (χ0) is 19.1. The number of nitrogens with two attached hydrogens (primary N) is 1. The quantitative estimate of drug-likeness (QED) is 0.457. The molecule has 2 aromatic carbocycles. The van der Waals surface area contributed by atoms with Crippen LogP contribution >= 0.6 is 0 Å². The molecule has 0 bridgehead atoms. The molecule has 2 N–H and O–H groups in total. The van der Waals surface area contributed by atoms with Crippen LogP contribution in [0, 0.1) is 0 Å². The van der Waals surface area contributed by atoms with Gasteiger partial charge in [0.15, 0.2) is 5.78 Å². The maximum atomic E-state index is 12.6. The minimum atomic E-state index is -0.348. The number of esters is 1. The van der Waals surface area contributed by atoms with Gasteiger partial charge in [-0.2, -0.15) is 0 Å². The highest BCUT2D eigenvalue weighted by molar-refractivity contribution is 6.12. The summed E-state index contributed by atoms with van der Waals surface area (Å²) in [6.45, 7) is 4.17. The molecule has 142 valence electrons. The molecule has 0 atom stereocenters. The van der Waals surface area contributed by atoms with Crippen LogP contribution in [0.3, 0.4) is 0 Å². The van der Waals surface area contributed by atoms with Crippen molar-refractivity contribution in [3.63, 3.8) is 0 Å². The van der Waals surface area contributed by atoms with E-state index >= 15 is 0 Å². The molecule has 0 aromatic heterocycles. The van der Waals surface area contributed by atoms with Crippen molar-refractivity contribution in [2.45, 2.75) is 6.42 Å². The smallest absolute Gasteiger partial charge is 0.310 e. The topological polar surface area (TPSA) is 81.9 Å². The Balaban J connectivity index is 1.58. The second-order valence-electron chi connectivity index (χ2n) is 6.42. The monoisotopic (exact) mass is 368 g/mol. The Morgan fingerprint density at radius 3 is 2.52 bits per heavy atom. The van der Waals surface area contributed by atoms with E-state index in [0.717, 1.165) is 13.1 Å². The summed E-state index contributed by atoms with van der Waals surface area (Å²) in [4.78, 5) is 27.0. The molecule has 2 aromatic rings. The molecule has 1 heterocycles. The van der Waals surface area contributed by atoms with Crippen molar-refractivity contribution in [1.29, 1.82) is 0 Å². The fourth-order valence-corrected chi connectivity index (χ4v) is 3.03. The van der Waals surface area contributed by atoms with Crippen LogP contribution in [0.25, 0.3) is 0 Å². The number of anilines is 1. The Hall–Kier alpha value is -2.70. The van der Waals surface area contributed by atoms with E-state index in [1.165, 1.54) is 0 Å². The summed E-state index contributed by atoms with van der Waals surface area (Å²) < 4.78 is 10.6. The summed E-state index contributed by atoms with van der Waals surface area (Å²) in [6, 6.07) is 14.1. The molecular weight excluding hydrogens is 344 g/mol. The number of nitrogens with zero attached hydrogens (tertiary/aromatic N) is 1. The van der Waals surface area contributed by atoms with Gasteiger partial charge in [-0.05, 0) is 11.6 Å². The SMILES string of the molecule is Nc1c(CC(=O)OCCN2CCOCC2)cccc1C(=O)c1ccccc1. The number of carbonyl (C=O) groups excluding carboxylic acids is 2. The molecule has 0 amide bonds. The van der Waals surface area contributed by atoms with Crippen LogP contribution in [0.15, 0.2) is 48.5 Å². The highest BCUT2D eigenvalue weighted by Crippen LogP contribution is 2.21. The minimum absolute atomic E-state index is 0.0465. The van der Waals surface area contributed by atoms with Gasteiger partial charge in [0, 0.05) is 36.4 Å². The number of para-hydroxylation sites is 1. The zero-order valence-electron chi connectivity index (χ0n) is 15.2. The van der Waals surface area contributed by atoms with Gasteiger partial charge in [0.05, 0.1) is 19.6 Å². The number of hydrogen-bond donors (Lipinski definition) is 1. The molecule has 1 aliphatic rings. The molecule has 1 saturated heterocycles. The number of hydrogen-bond acceptors (Lipinski definition) is 6. The van der Waals surface area contributed by atoms with E-state index < -0.39 is 0 Å². The van der Waals surface area contributed by atoms with Crippen molar-refractivity contribution in [1.82, 2.24) is 4.90 Å². The largest absolute Gasteiger partial charge is 0.464 e. The molecule has 0 spiro atoms. The number of morpholine rings is 1. The first-order chi connectivity index (χ1) is 13.1. The molecule has 6 nitrogen and oxygen atoms in total. The van der Waals surface area contributed by atoms with Crippen LogP contribution in [-0.4, -0.2) is 56.1 Å². The first-order valence-corrected chi connectivity index (χ1v) is 9.08. The Bertz CT molecular complexity index is 786. The first-order valence-electron chi connectivity index (χ1n) is 9.08. The summed E-state index contributed by atoms with van der Waals surface area (Å²) in [5.74, 6) is -0.505. The van der Waals surface area contributed by atoms with E-state index in [1.54, 1.807) is 42.5 Å². The predicted octanol–water partition coefficient (Wildman–Crippen LogP) is 1.92. The fourth-order valence-electron chi connectivity index (χ4n) is 3.03. The lowest BCUT2D eigenvalue weighted by molar-refractivity contribution is -0.143. The van der Waals surface area contributed by atoms with E-state index in [4.69, 9.17) is 15.2 Å². The molecule has 1 aliphatic heterocycles. The Labute approximate surface area is 158 Å². The van der Waals surface area contributed by atoms with Crippen LogP contribution in [0.2, 0.25) is 0 Å². The van der Waals surface area contributed by atoms with Crippen LogP contribution in [0.4, 0.5) is 5.69 Å². The molecule has 6 heteroatoms. The van der Waals surface area contributed by atoms with E-state index in [1.807, 2.05) is 6.07 Å². The van der Waals surface area contributed by atoms with Crippen LogP contribution in [-0.2, 0) is 20.7 Å². The summed E-state index contributed by atoms with van der Waals surface area (Å²) in [5.41, 5.74) is 8.07. The van der Waals surface area contributed by atoms with Crippen LogP contribution in [0.5, 0.6) is 0 Å².